The molecule has 20 heavy (non-hydrogen) atoms. The van der Waals surface area contributed by atoms with Crippen LogP contribution in [0, 0.1) is 12.7 Å². The third kappa shape index (κ3) is 3.11. The summed E-state index contributed by atoms with van der Waals surface area (Å²) >= 11 is 4.10. The highest BCUT2D eigenvalue weighted by Crippen LogP contribution is 2.22. The molecule has 0 heterocycles. The van der Waals surface area contributed by atoms with Crippen molar-refractivity contribution in [2.75, 3.05) is 12.4 Å². The molecule has 0 spiro atoms. The molecule has 5 heteroatoms. The third-order valence-corrected chi connectivity index (χ3v) is 3.13. The van der Waals surface area contributed by atoms with Crippen molar-refractivity contribution >= 4 is 24.2 Å². The van der Waals surface area contributed by atoms with Crippen LogP contribution in [0.15, 0.2) is 41.3 Å². The van der Waals surface area contributed by atoms with Crippen molar-refractivity contribution in [3.05, 3.63) is 53.3 Å². The summed E-state index contributed by atoms with van der Waals surface area (Å²) in [5, 5.41) is 2.65. The number of ether oxygens (including phenoxy) is 1. The molecule has 0 aliphatic rings. The molecule has 0 saturated heterocycles. The highest BCUT2D eigenvalue weighted by atomic mass is 32.1. The second kappa shape index (κ2) is 5.96. The summed E-state index contributed by atoms with van der Waals surface area (Å²) in [6.07, 6.45) is 0. The van der Waals surface area contributed by atoms with Gasteiger partial charge in [0.1, 0.15) is 11.6 Å². The third-order valence-electron chi connectivity index (χ3n) is 2.85. The predicted molar refractivity (Wildman–Crippen MR) is 79.3 cm³/mol. The number of hydrogen-bond donors (Lipinski definition) is 2. The molecule has 0 aromatic heterocycles. The monoisotopic (exact) mass is 291 g/mol. The molecule has 2 rings (SSSR count). The Labute approximate surface area is 122 Å². The van der Waals surface area contributed by atoms with Crippen molar-refractivity contribution in [3.8, 4) is 5.75 Å². The van der Waals surface area contributed by atoms with Gasteiger partial charge in [0.05, 0.1) is 12.7 Å². The van der Waals surface area contributed by atoms with Crippen LogP contribution in [0.2, 0.25) is 0 Å². The van der Waals surface area contributed by atoms with E-state index in [0.29, 0.717) is 10.6 Å². The molecular formula is C15H14FNO2S. The lowest BCUT2D eigenvalue weighted by molar-refractivity contribution is 0.102. The number of nitrogens with one attached hydrogen (secondary N) is 1. The summed E-state index contributed by atoms with van der Waals surface area (Å²) in [6.45, 7) is 1.86. The fourth-order valence-electron chi connectivity index (χ4n) is 1.84. The molecule has 0 radical (unpaired) electrons. The van der Waals surface area contributed by atoms with Crippen LogP contribution in [-0.4, -0.2) is 13.0 Å². The molecule has 0 fully saturated rings. The number of hydrogen-bond acceptors (Lipinski definition) is 3. The first-order chi connectivity index (χ1) is 9.51. The maximum Gasteiger partial charge on any atom is 0.258 e. The SMILES string of the molecule is COc1ccc(NC(=O)c2cc(S)ccc2F)cc1C. The zero-order chi connectivity index (χ0) is 14.7. The van der Waals surface area contributed by atoms with Gasteiger partial charge in [-0.1, -0.05) is 0 Å². The van der Waals surface area contributed by atoms with E-state index in [0.717, 1.165) is 11.3 Å². The number of amides is 1. The molecule has 3 nitrogen and oxygen atoms in total. The molecule has 0 unspecified atom stereocenters. The highest BCUT2D eigenvalue weighted by molar-refractivity contribution is 7.80. The minimum absolute atomic E-state index is 0.0361. The Morgan fingerprint density at radius 3 is 2.65 bits per heavy atom. The van der Waals surface area contributed by atoms with Gasteiger partial charge in [-0.2, -0.15) is 0 Å². The quantitative estimate of drug-likeness (QED) is 0.847. The fourth-order valence-corrected chi connectivity index (χ4v) is 2.05. The number of benzene rings is 2. The van der Waals surface area contributed by atoms with Crippen molar-refractivity contribution in [1.82, 2.24) is 0 Å². The average molecular weight is 291 g/mol. The number of carbonyl (C=O) groups is 1. The Morgan fingerprint density at radius 2 is 2.00 bits per heavy atom. The Kier molecular flexibility index (Phi) is 4.29. The van der Waals surface area contributed by atoms with Gasteiger partial charge in [0.25, 0.3) is 5.91 Å². The highest BCUT2D eigenvalue weighted by Gasteiger charge is 2.12. The van der Waals surface area contributed by atoms with Gasteiger partial charge >= 0.3 is 0 Å². The number of halogens is 1. The fraction of sp³-hybridized carbons (Fsp3) is 0.133. The van der Waals surface area contributed by atoms with Crippen molar-refractivity contribution < 1.29 is 13.9 Å². The molecule has 1 amide bonds. The van der Waals surface area contributed by atoms with Crippen LogP contribution in [-0.2, 0) is 0 Å². The van der Waals surface area contributed by atoms with E-state index in [4.69, 9.17) is 4.74 Å². The summed E-state index contributed by atoms with van der Waals surface area (Å²) < 4.78 is 18.7. The number of anilines is 1. The first-order valence-corrected chi connectivity index (χ1v) is 6.40. The summed E-state index contributed by atoms with van der Waals surface area (Å²) in [6, 6.07) is 9.31. The molecule has 0 aliphatic heterocycles. The molecule has 2 aromatic rings. The van der Waals surface area contributed by atoms with Crippen LogP contribution >= 0.6 is 12.6 Å². The summed E-state index contributed by atoms with van der Waals surface area (Å²) in [7, 11) is 1.58. The van der Waals surface area contributed by atoms with Crippen LogP contribution in [0.25, 0.3) is 0 Å². The number of carbonyl (C=O) groups excluding carboxylic acids is 1. The van der Waals surface area contributed by atoms with Crippen LogP contribution < -0.4 is 10.1 Å². The molecule has 1 N–H and O–H groups in total. The van der Waals surface area contributed by atoms with Crippen molar-refractivity contribution in [2.24, 2.45) is 0 Å². The average Bonchev–Trinajstić information content (AvgIpc) is 2.41. The molecule has 0 atom stereocenters. The number of thiol groups is 1. The molecule has 0 saturated carbocycles. The standard InChI is InChI=1S/C15H14FNO2S/c1-9-7-10(3-6-14(9)19-2)17-15(18)12-8-11(20)4-5-13(12)16/h3-8,20H,1-2H3,(H,17,18). The van der Waals surface area contributed by atoms with Crippen molar-refractivity contribution in [3.63, 3.8) is 0 Å². The molecule has 0 aliphatic carbocycles. The Bertz CT molecular complexity index is 658. The largest absolute Gasteiger partial charge is 0.496 e. The van der Waals surface area contributed by atoms with E-state index in [1.807, 2.05) is 6.92 Å². The minimum Gasteiger partial charge on any atom is -0.496 e. The number of methoxy groups -OCH3 is 1. The molecule has 104 valence electrons. The topological polar surface area (TPSA) is 38.3 Å². The van der Waals surface area contributed by atoms with E-state index < -0.39 is 11.7 Å². The minimum atomic E-state index is -0.578. The van der Waals surface area contributed by atoms with Gasteiger partial charge < -0.3 is 10.1 Å². The van der Waals surface area contributed by atoms with Gasteiger partial charge in [0, 0.05) is 10.6 Å². The summed E-state index contributed by atoms with van der Waals surface area (Å²) in [5.74, 6) is -0.361. The maximum absolute atomic E-state index is 13.6. The second-order valence-electron chi connectivity index (χ2n) is 4.30. The van der Waals surface area contributed by atoms with Crippen molar-refractivity contribution in [2.45, 2.75) is 11.8 Å². The molecule has 2 aromatic carbocycles. The van der Waals surface area contributed by atoms with Gasteiger partial charge in [-0.05, 0) is 48.9 Å². The van der Waals surface area contributed by atoms with Gasteiger partial charge in [-0.25, -0.2) is 4.39 Å². The van der Waals surface area contributed by atoms with E-state index in [9.17, 15) is 9.18 Å². The number of aryl methyl sites for hydroxylation is 1. The van der Waals surface area contributed by atoms with E-state index >= 15 is 0 Å². The predicted octanol–water partition coefficient (Wildman–Crippen LogP) is 3.68. The normalized spacial score (nSPS) is 10.2. The zero-order valence-electron chi connectivity index (χ0n) is 11.1. The van der Waals surface area contributed by atoms with Crippen LogP contribution in [0.5, 0.6) is 5.75 Å². The van der Waals surface area contributed by atoms with Crippen LogP contribution in [0.4, 0.5) is 10.1 Å². The van der Waals surface area contributed by atoms with E-state index in [1.165, 1.54) is 18.2 Å². The van der Waals surface area contributed by atoms with Gasteiger partial charge in [0.2, 0.25) is 0 Å². The van der Waals surface area contributed by atoms with E-state index in [1.54, 1.807) is 25.3 Å². The van der Waals surface area contributed by atoms with Gasteiger partial charge in [0.15, 0.2) is 0 Å². The number of rotatable bonds is 3. The van der Waals surface area contributed by atoms with Gasteiger partial charge in [-0.15, -0.1) is 12.6 Å². The smallest absolute Gasteiger partial charge is 0.258 e. The van der Waals surface area contributed by atoms with Crippen LogP contribution in [0.1, 0.15) is 15.9 Å². The lowest BCUT2D eigenvalue weighted by atomic mass is 10.1. The molecule has 0 bridgehead atoms. The first kappa shape index (κ1) is 14.4. The maximum atomic E-state index is 13.6. The second-order valence-corrected chi connectivity index (χ2v) is 4.82. The Hall–Kier alpha value is -2.01. The molecular weight excluding hydrogens is 277 g/mol. The Balaban J connectivity index is 2.23. The van der Waals surface area contributed by atoms with Gasteiger partial charge in [-0.3, -0.25) is 4.79 Å². The summed E-state index contributed by atoms with van der Waals surface area (Å²) in [5.41, 5.74) is 1.43. The zero-order valence-corrected chi connectivity index (χ0v) is 12.0. The van der Waals surface area contributed by atoms with E-state index in [-0.39, 0.29) is 5.56 Å². The van der Waals surface area contributed by atoms with Crippen LogP contribution in [0.3, 0.4) is 0 Å². The lowest BCUT2D eigenvalue weighted by Crippen LogP contribution is -2.14. The van der Waals surface area contributed by atoms with E-state index in [2.05, 4.69) is 17.9 Å². The first-order valence-electron chi connectivity index (χ1n) is 5.96. The van der Waals surface area contributed by atoms with Crippen molar-refractivity contribution in [1.29, 1.82) is 0 Å². The summed E-state index contributed by atoms with van der Waals surface area (Å²) in [4.78, 5) is 12.6. The lowest BCUT2D eigenvalue weighted by Gasteiger charge is -2.09. The Morgan fingerprint density at radius 1 is 1.25 bits per heavy atom.